The summed E-state index contributed by atoms with van der Waals surface area (Å²) in [5, 5.41) is 0. The molecule has 1 heteroatoms. The molecule has 0 amide bonds. The number of rotatable bonds is 5. The fourth-order valence-corrected chi connectivity index (χ4v) is 1.01. The number of Topliss-reactive ketones (excluding diaryl/α,β-unsaturated/α-hetero) is 1. The van der Waals surface area contributed by atoms with E-state index >= 15 is 0 Å². The molecule has 0 aliphatic rings. The van der Waals surface area contributed by atoms with Crippen LogP contribution in [0.2, 0.25) is 0 Å². The summed E-state index contributed by atoms with van der Waals surface area (Å²) in [5.74, 6) is 0.310. The van der Waals surface area contributed by atoms with Crippen molar-refractivity contribution in [3.05, 3.63) is 11.1 Å². The van der Waals surface area contributed by atoms with Crippen molar-refractivity contribution >= 4 is 5.78 Å². The van der Waals surface area contributed by atoms with Gasteiger partial charge in [0.15, 0.2) is 0 Å². The van der Waals surface area contributed by atoms with Crippen LogP contribution in [-0.4, -0.2) is 5.78 Å². The maximum atomic E-state index is 10.6. The van der Waals surface area contributed by atoms with Gasteiger partial charge in [-0.15, -0.1) is 0 Å². The number of carbonyl (C=O) groups is 1. The van der Waals surface area contributed by atoms with E-state index in [0.29, 0.717) is 5.78 Å². The Kier molecular flexibility index (Phi) is 5.69. The minimum absolute atomic E-state index is 0.310. The summed E-state index contributed by atoms with van der Waals surface area (Å²) in [6, 6.07) is 0. The van der Waals surface area contributed by atoms with Gasteiger partial charge in [0.1, 0.15) is 5.78 Å². The second-order valence-corrected chi connectivity index (χ2v) is 3.69. The summed E-state index contributed by atoms with van der Waals surface area (Å²) >= 11 is 0. The van der Waals surface area contributed by atoms with Gasteiger partial charge in [-0.2, -0.15) is 0 Å². The van der Waals surface area contributed by atoms with E-state index in [9.17, 15) is 4.79 Å². The first kappa shape index (κ1) is 11.4. The van der Waals surface area contributed by atoms with Gasteiger partial charge in [-0.1, -0.05) is 11.1 Å². The number of ketones is 1. The zero-order valence-electron chi connectivity index (χ0n) is 8.74. The van der Waals surface area contributed by atoms with Gasteiger partial charge in [-0.05, 0) is 47.0 Å². The van der Waals surface area contributed by atoms with Gasteiger partial charge in [0.25, 0.3) is 0 Å². The molecule has 0 aliphatic heterocycles. The lowest BCUT2D eigenvalue weighted by atomic mass is 10.0. The summed E-state index contributed by atoms with van der Waals surface area (Å²) in [6.07, 6.45) is 4.09. The number of unbranched alkanes of at least 4 members (excludes halogenated alkanes) is 1. The van der Waals surface area contributed by atoms with E-state index in [1.54, 1.807) is 6.92 Å². The quantitative estimate of drug-likeness (QED) is 0.453. The second kappa shape index (κ2) is 5.99. The average molecular weight is 168 g/mol. The zero-order valence-corrected chi connectivity index (χ0v) is 8.74. The van der Waals surface area contributed by atoms with Crippen molar-refractivity contribution in [1.82, 2.24) is 0 Å². The normalized spacial score (nSPS) is 9.67. The molecule has 0 aromatic carbocycles. The molecule has 0 atom stereocenters. The van der Waals surface area contributed by atoms with E-state index in [2.05, 4.69) is 20.8 Å². The van der Waals surface area contributed by atoms with E-state index in [-0.39, 0.29) is 0 Å². The van der Waals surface area contributed by atoms with Crippen molar-refractivity contribution in [2.45, 2.75) is 53.4 Å². The Balaban J connectivity index is 3.45. The largest absolute Gasteiger partial charge is 0.300 e. The maximum Gasteiger partial charge on any atom is 0.129 e. The van der Waals surface area contributed by atoms with Gasteiger partial charge in [0.05, 0.1) is 0 Å². The smallest absolute Gasteiger partial charge is 0.129 e. The van der Waals surface area contributed by atoms with Crippen molar-refractivity contribution in [2.24, 2.45) is 0 Å². The fraction of sp³-hybridized carbons (Fsp3) is 0.727. The molecular weight excluding hydrogens is 148 g/mol. The summed E-state index contributed by atoms with van der Waals surface area (Å²) in [6.45, 7) is 8.11. The molecule has 0 bridgehead atoms. The van der Waals surface area contributed by atoms with E-state index in [1.165, 1.54) is 11.1 Å². The molecule has 0 N–H and O–H groups in total. The van der Waals surface area contributed by atoms with Crippen molar-refractivity contribution in [1.29, 1.82) is 0 Å². The van der Waals surface area contributed by atoms with Crippen LogP contribution >= 0.6 is 0 Å². The van der Waals surface area contributed by atoms with Crippen LogP contribution in [0.4, 0.5) is 0 Å². The molecule has 0 radical (unpaired) electrons. The minimum Gasteiger partial charge on any atom is -0.300 e. The Bertz CT molecular complexity index is 173. The molecular formula is C11H20O. The summed E-state index contributed by atoms with van der Waals surface area (Å²) in [7, 11) is 0. The SMILES string of the molecule is CC(=O)CCCCC(C)=C(C)C. The number of hydrogen-bond acceptors (Lipinski definition) is 1. The Hall–Kier alpha value is -0.590. The van der Waals surface area contributed by atoms with Crippen LogP contribution in [0, 0.1) is 0 Å². The van der Waals surface area contributed by atoms with E-state index in [1.807, 2.05) is 0 Å². The van der Waals surface area contributed by atoms with Crippen molar-refractivity contribution < 1.29 is 4.79 Å². The molecule has 0 fully saturated rings. The second-order valence-electron chi connectivity index (χ2n) is 3.69. The number of hydrogen-bond donors (Lipinski definition) is 0. The molecule has 0 aromatic heterocycles. The first-order valence-corrected chi connectivity index (χ1v) is 4.66. The Morgan fingerprint density at radius 3 is 1.83 bits per heavy atom. The lowest BCUT2D eigenvalue weighted by Gasteiger charge is -2.02. The first-order chi connectivity index (χ1) is 5.54. The van der Waals surface area contributed by atoms with Crippen LogP contribution in [0.5, 0.6) is 0 Å². The minimum atomic E-state index is 0.310. The number of allylic oxidation sites excluding steroid dienone is 2. The summed E-state index contributed by atoms with van der Waals surface area (Å²) in [4.78, 5) is 10.6. The Morgan fingerprint density at radius 1 is 0.917 bits per heavy atom. The van der Waals surface area contributed by atoms with Crippen LogP contribution in [0.3, 0.4) is 0 Å². The van der Waals surface area contributed by atoms with Crippen LogP contribution in [-0.2, 0) is 4.79 Å². The van der Waals surface area contributed by atoms with Crippen molar-refractivity contribution in [2.75, 3.05) is 0 Å². The molecule has 0 saturated carbocycles. The van der Waals surface area contributed by atoms with Crippen LogP contribution in [0.1, 0.15) is 53.4 Å². The number of carbonyl (C=O) groups excluding carboxylic acids is 1. The van der Waals surface area contributed by atoms with Gasteiger partial charge in [0.2, 0.25) is 0 Å². The van der Waals surface area contributed by atoms with Crippen molar-refractivity contribution in [3.8, 4) is 0 Å². The predicted molar refractivity (Wildman–Crippen MR) is 53.2 cm³/mol. The molecule has 12 heavy (non-hydrogen) atoms. The fourth-order valence-electron chi connectivity index (χ4n) is 1.01. The van der Waals surface area contributed by atoms with Gasteiger partial charge in [0, 0.05) is 6.42 Å². The summed E-state index contributed by atoms with van der Waals surface area (Å²) in [5.41, 5.74) is 2.89. The summed E-state index contributed by atoms with van der Waals surface area (Å²) < 4.78 is 0. The highest BCUT2D eigenvalue weighted by Gasteiger charge is 1.95. The third kappa shape index (κ3) is 6.14. The van der Waals surface area contributed by atoms with Crippen LogP contribution in [0.25, 0.3) is 0 Å². The van der Waals surface area contributed by atoms with Crippen LogP contribution < -0.4 is 0 Å². The highest BCUT2D eigenvalue weighted by molar-refractivity contribution is 5.75. The predicted octanol–water partition coefficient (Wildman–Crippen LogP) is 3.49. The third-order valence-electron chi connectivity index (χ3n) is 2.18. The molecule has 0 spiro atoms. The maximum absolute atomic E-state index is 10.6. The molecule has 1 nitrogen and oxygen atoms in total. The molecule has 0 rings (SSSR count). The molecule has 0 saturated heterocycles. The molecule has 0 heterocycles. The monoisotopic (exact) mass is 168 g/mol. The average Bonchev–Trinajstić information content (AvgIpc) is 1.97. The third-order valence-corrected chi connectivity index (χ3v) is 2.18. The van der Waals surface area contributed by atoms with Gasteiger partial charge < -0.3 is 4.79 Å². The Morgan fingerprint density at radius 2 is 1.42 bits per heavy atom. The molecule has 70 valence electrons. The lowest BCUT2D eigenvalue weighted by molar-refractivity contribution is -0.117. The van der Waals surface area contributed by atoms with Crippen LogP contribution in [0.15, 0.2) is 11.1 Å². The van der Waals surface area contributed by atoms with E-state index in [4.69, 9.17) is 0 Å². The van der Waals surface area contributed by atoms with Gasteiger partial charge in [-0.25, -0.2) is 0 Å². The molecule has 0 aromatic rings. The van der Waals surface area contributed by atoms with Gasteiger partial charge >= 0.3 is 0 Å². The topological polar surface area (TPSA) is 17.1 Å². The lowest BCUT2D eigenvalue weighted by Crippen LogP contribution is -1.90. The highest BCUT2D eigenvalue weighted by atomic mass is 16.1. The van der Waals surface area contributed by atoms with E-state index < -0.39 is 0 Å². The standard InChI is InChI=1S/C11H20O/c1-9(2)10(3)7-5-6-8-11(4)12/h5-8H2,1-4H3. The highest BCUT2D eigenvalue weighted by Crippen LogP contribution is 2.12. The van der Waals surface area contributed by atoms with Crippen molar-refractivity contribution in [3.63, 3.8) is 0 Å². The van der Waals surface area contributed by atoms with Gasteiger partial charge in [-0.3, -0.25) is 0 Å². The molecule has 0 aliphatic carbocycles. The van der Waals surface area contributed by atoms with E-state index in [0.717, 1.165) is 25.7 Å². The molecule has 0 unspecified atom stereocenters. The Labute approximate surface area is 75.9 Å². The zero-order chi connectivity index (χ0) is 9.56. The first-order valence-electron chi connectivity index (χ1n) is 4.66.